The van der Waals surface area contributed by atoms with E-state index in [9.17, 15) is 9.50 Å². The molecule has 4 heteroatoms. The number of nitrogens with one attached hydrogen (secondary N) is 1. The van der Waals surface area contributed by atoms with Crippen molar-refractivity contribution in [2.24, 2.45) is 0 Å². The molecule has 1 aromatic rings. The van der Waals surface area contributed by atoms with Gasteiger partial charge in [0, 0.05) is 6.04 Å². The zero-order valence-corrected chi connectivity index (χ0v) is 10.0. The van der Waals surface area contributed by atoms with E-state index in [0.717, 1.165) is 13.0 Å². The fourth-order valence-corrected chi connectivity index (χ4v) is 2.30. The van der Waals surface area contributed by atoms with Gasteiger partial charge in [-0.2, -0.15) is 0 Å². The fraction of sp³-hybridized carbons (Fsp3) is 0.538. The van der Waals surface area contributed by atoms with Crippen LogP contribution in [0.4, 0.5) is 4.39 Å². The van der Waals surface area contributed by atoms with Crippen LogP contribution in [0.15, 0.2) is 12.1 Å². The van der Waals surface area contributed by atoms with Crippen LogP contribution in [-0.2, 0) is 6.42 Å². The van der Waals surface area contributed by atoms with Gasteiger partial charge < -0.3 is 15.2 Å². The summed E-state index contributed by atoms with van der Waals surface area (Å²) >= 11 is 0. The van der Waals surface area contributed by atoms with E-state index in [4.69, 9.17) is 4.74 Å². The van der Waals surface area contributed by atoms with Crippen LogP contribution in [0.2, 0.25) is 0 Å². The highest BCUT2D eigenvalue weighted by Crippen LogP contribution is 2.31. The lowest BCUT2D eigenvalue weighted by Crippen LogP contribution is -2.35. The monoisotopic (exact) mass is 239 g/mol. The molecule has 1 saturated heterocycles. The number of rotatable bonds is 3. The molecule has 0 spiro atoms. The molecule has 1 atom stereocenters. The number of hydrogen-bond acceptors (Lipinski definition) is 3. The van der Waals surface area contributed by atoms with Gasteiger partial charge >= 0.3 is 0 Å². The van der Waals surface area contributed by atoms with Gasteiger partial charge in [-0.1, -0.05) is 12.5 Å². The summed E-state index contributed by atoms with van der Waals surface area (Å²) in [5.41, 5.74) is 0.596. The van der Waals surface area contributed by atoms with Gasteiger partial charge in [0.05, 0.1) is 7.11 Å². The first-order valence-corrected chi connectivity index (χ1v) is 6.00. The van der Waals surface area contributed by atoms with Crippen LogP contribution in [0.5, 0.6) is 11.5 Å². The molecule has 1 heterocycles. The Bertz CT molecular complexity index is 389. The second-order valence-electron chi connectivity index (χ2n) is 4.44. The third-order valence-corrected chi connectivity index (χ3v) is 3.24. The molecule has 0 aliphatic carbocycles. The first kappa shape index (κ1) is 12.2. The van der Waals surface area contributed by atoms with E-state index < -0.39 is 5.82 Å². The summed E-state index contributed by atoms with van der Waals surface area (Å²) in [7, 11) is 1.36. The minimum Gasteiger partial charge on any atom is -0.504 e. The first-order chi connectivity index (χ1) is 8.22. The average molecular weight is 239 g/mol. The Hall–Kier alpha value is -1.29. The third-order valence-electron chi connectivity index (χ3n) is 3.24. The normalized spacial score (nSPS) is 20.2. The molecule has 0 bridgehead atoms. The molecular formula is C13H18FNO2. The van der Waals surface area contributed by atoms with Gasteiger partial charge in [0.1, 0.15) is 0 Å². The number of ether oxygens (including phenoxy) is 1. The summed E-state index contributed by atoms with van der Waals surface area (Å²) in [5.74, 6) is -0.650. The van der Waals surface area contributed by atoms with E-state index in [-0.39, 0.29) is 11.5 Å². The SMILES string of the molecule is COc1c(O)ccc(CC2CCCCN2)c1F. The summed E-state index contributed by atoms with van der Waals surface area (Å²) in [4.78, 5) is 0. The molecule has 1 aliphatic rings. The number of hydrogen-bond donors (Lipinski definition) is 2. The molecule has 1 fully saturated rings. The number of phenols is 1. The second-order valence-corrected chi connectivity index (χ2v) is 4.44. The molecule has 17 heavy (non-hydrogen) atoms. The molecule has 1 aliphatic heterocycles. The number of halogens is 1. The predicted molar refractivity (Wildman–Crippen MR) is 64.0 cm³/mol. The molecule has 2 rings (SSSR count). The van der Waals surface area contributed by atoms with Crippen molar-refractivity contribution in [2.75, 3.05) is 13.7 Å². The van der Waals surface area contributed by atoms with E-state index in [2.05, 4.69) is 5.32 Å². The molecule has 1 aromatic carbocycles. The van der Waals surface area contributed by atoms with E-state index >= 15 is 0 Å². The largest absolute Gasteiger partial charge is 0.504 e. The van der Waals surface area contributed by atoms with Crippen molar-refractivity contribution in [1.29, 1.82) is 0 Å². The Balaban J connectivity index is 2.15. The summed E-state index contributed by atoms with van der Waals surface area (Å²) < 4.78 is 18.8. The summed E-state index contributed by atoms with van der Waals surface area (Å²) in [6, 6.07) is 3.44. The Kier molecular flexibility index (Phi) is 3.84. The van der Waals surface area contributed by atoms with Gasteiger partial charge in [-0.25, -0.2) is 4.39 Å². The fourth-order valence-electron chi connectivity index (χ4n) is 2.30. The molecular weight excluding hydrogens is 221 g/mol. The standard InChI is InChI=1S/C13H18FNO2/c1-17-13-11(16)6-5-9(12(13)14)8-10-4-2-3-7-15-10/h5-6,10,15-16H,2-4,7-8H2,1H3. The van der Waals surface area contributed by atoms with Crippen LogP contribution in [-0.4, -0.2) is 24.8 Å². The third kappa shape index (κ3) is 2.69. The molecule has 0 radical (unpaired) electrons. The number of benzene rings is 1. The molecule has 0 aromatic heterocycles. The van der Waals surface area contributed by atoms with Crippen LogP contribution in [0.1, 0.15) is 24.8 Å². The van der Waals surface area contributed by atoms with Crippen LogP contribution >= 0.6 is 0 Å². The van der Waals surface area contributed by atoms with Crippen LogP contribution in [0, 0.1) is 5.82 Å². The Morgan fingerprint density at radius 2 is 2.29 bits per heavy atom. The van der Waals surface area contributed by atoms with Gasteiger partial charge in [-0.05, 0) is 37.4 Å². The topological polar surface area (TPSA) is 41.5 Å². The van der Waals surface area contributed by atoms with Crippen molar-refractivity contribution in [3.8, 4) is 11.5 Å². The Morgan fingerprint density at radius 1 is 1.47 bits per heavy atom. The highest BCUT2D eigenvalue weighted by molar-refractivity contribution is 5.43. The van der Waals surface area contributed by atoms with Crippen molar-refractivity contribution >= 4 is 0 Å². The average Bonchev–Trinajstić information content (AvgIpc) is 2.35. The van der Waals surface area contributed by atoms with Gasteiger partial charge in [0.25, 0.3) is 0 Å². The minimum atomic E-state index is -0.445. The van der Waals surface area contributed by atoms with E-state index in [0.29, 0.717) is 18.0 Å². The van der Waals surface area contributed by atoms with E-state index in [1.165, 1.54) is 26.0 Å². The molecule has 2 N–H and O–H groups in total. The maximum atomic E-state index is 14.0. The number of aromatic hydroxyl groups is 1. The minimum absolute atomic E-state index is 0.0571. The van der Waals surface area contributed by atoms with E-state index in [1.807, 2.05) is 0 Å². The van der Waals surface area contributed by atoms with Crippen molar-refractivity contribution in [3.63, 3.8) is 0 Å². The van der Waals surface area contributed by atoms with Gasteiger partial charge in [-0.3, -0.25) is 0 Å². The van der Waals surface area contributed by atoms with Gasteiger partial charge in [0.2, 0.25) is 0 Å². The lowest BCUT2D eigenvalue weighted by molar-refractivity contribution is 0.345. The Labute approximate surface area is 101 Å². The predicted octanol–water partition coefficient (Wildman–Crippen LogP) is 2.22. The molecule has 0 amide bonds. The van der Waals surface area contributed by atoms with Crippen molar-refractivity contribution in [2.45, 2.75) is 31.7 Å². The molecule has 0 saturated carbocycles. The highest BCUT2D eigenvalue weighted by atomic mass is 19.1. The van der Waals surface area contributed by atoms with Gasteiger partial charge in [0.15, 0.2) is 17.3 Å². The summed E-state index contributed by atoms with van der Waals surface area (Å²) in [6.45, 7) is 1.00. The summed E-state index contributed by atoms with van der Waals surface area (Å²) in [6.07, 6.45) is 4.09. The zero-order chi connectivity index (χ0) is 12.3. The van der Waals surface area contributed by atoms with Gasteiger partial charge in [-0.15, -0.1) is 0 Å². The zero-order valence-electron chi connectivity index (χ0n) is 10.0. The maximum Gasteiger partial charge on any atom is 0.196 e. The smallest absolute Gasteiger partial charge is 0.196 e. The van der Waals surface area contributed by atoms with Crippen molar-refractivity contribution < 1.29 is 14.2 Å². The number of methoxy groups -OCH3 is 1. The highest BCUT2D eigenvalue weighted by Gasteiger charge is 2.18. The van der Waals surface area contributed by atoms with E-state index in [1.54, 1.807) is 6.07 Å². The quantitative estimate of drug-likeness (QED) is 0.850. The van der Waals surface area contributed by atoms with Crippen LogP contribution in [0.25, 0.3) is 0 Å². The van der Waals surface area contributed by atoms with Crippen molar-refractivity contribution in [1.82, 2.24) is 5.32 Å². The number of phenolic OH excluding ortho intramolecular Hbond substituents is 1. The lowest BCUT2D eigenvalue weighted by atomic mass is 9.97. The second kappa shape index (κ2) is 5.36. The Morgan fingerprint density at radius 3 is 2.94 bits per heavy atom. The first-order valence-electron chi connectivity index (χ1n) is 6.00. The van der Waals surface area contributed by atoms with Crippen LogP contribution < -0.4 is 10.1 Å². The molecule has 3 nitrogen and oxygen atoms in total. The summed E-state index contributed by atoms with van der Waals surface area (Å²) in [5, 5.41) is 12.8. The lowest BCUT2D eigenvalue weighted by Gasteiger charge is -2.23. The van der Waals surface area contributed by atoms with Crippen LogP contribution in [0.3, 0.4) is 0 Å². The molecule has 94 valence electrons. The number of piperidine rings is 1. The molecule has 1 unspecified atom stereocenters. The maximum absolute atomic E-state index is 14.0. The van der Waals surface area contributed by atoms with Crippen molar-refractivity contribution in [3.05, 3.63) is 23.5 Å².